The summed E-state index contributed by atoms with van der Waals surface area (Å²) in [7, 11) is 0. The first-order valence-electron chi connectivity index (χ1n) is 8.10. The highest BCUT2D eigenvalue weighted by molar-refractivity contribution is 5.73. The van der Waals surface area contributed by atoms with E-state index < -0.39 is 0 Å². The summed E-state index contributed by atoms with van der Waals surface area (Å²) < 4.78 is 0. The number of likely N-dealkylation sites (tertiary alicyclic amines) is 1. The minimum Gasteiger partial charge on any atom is -0.384 e. The molecule has 0 atom stereocenters. The number of piperidine rings is 1. The lowest BCUT2D eigenvalue weighted by Gasteiger charge is -2.31. The van der Waals surface area contributed by atoms with Crippen molar-refractivity contribution in [1.29, 1.82) is 0 Å². The highest BCUT2D eigenvalue weighted by atomic mass is 16.2. The number of aryl methyl sites for hydroxylation is 1. The first-order chi connectivity index (χ1) is 11.5. The predicted octanol–water partition coefficient (Wildman–Crippen LogP) is 2.23. The average Bonchev–Trinajstić information content (AvgIpc) is 2.56. The maximum atomic E-state index is 11.5. The summed E-state index contributed by atoms with van der Waals surface area (Å²) in [6.07, 6.45) is 5.25. The third-order valence-electron chi connectivity index (χ3n) is 4.32. The molecule has 24 heavy (non-hydrogen) atoms. The Morgan fingerprint density at radius 3 is 2.58 bits per heavy atom. The molecule has 1 fully saturated rings. The summed E-state index contributed by atoms with van der Waals surface area (Å²) in [6, 6.07) is 3.92. The Hall–Kier alpha value is -2.70. The number of amides is 1. The van der Waals surface area contributed by atoms with Crippen molar-refractivity contribution < 1.29 is 4.79 Å². The van der Waals surface area contributed by atoms with Gasteiger partial charge in [0.05, 0.1) is 18.1 Å². The van der Waals surface area contributed by atoms with Crippen molar-refractivity contribution in [3.8, 4) is 0 Å². The number of carbonyl (C=O) groups excluding carboxylic acids is 1. The van der Waals surface area contributed by atoms with Crippen LogP contribution in [0.1, 0.15) is 36.9 Å². The van der Waals surface area contributed by atoms with Crippen LogP contribution < -0.4 is 11.1 Å². The van der Waals surface area contributed by atoms with Crippen molar-refractivity contribution >= 4 is 23.4 Å². The fourth-order valence-electron chi connectivity index (χ4n) is 2.99. The van der Waals surface area contributed by atoms with Gasteiger partial charge in [-0.05, 0) is 43.4 Å². The van der Waals surface area contributed by atoms with Crippen molar-refractivity contribution in [2.45, 2.75) is 32.6 Å². The molecule has 0 saturated carbocycles. The molecule has 1 amide bonds. The number of pyridine rings is 1. The molecule has 0 unspecified atom stereocenters. The molecule has 126 valence electrons. The van der Waals surface area contributed by atoms with Crippen LogP contribution in [0.25, 0.3) is 0 Å². The smallest absolute Gasteiger partial charge is 0.219 e. The van der Waals surface area contributed by atoms with E-state index in [0.29, 0.717) is 23.4 Å². The largest absolute Gasteiger partial charge is 0.384 e. The van der Waals surface area contributed by atoms with E-state index in [1.165, 1.54) is 0 Å². The summed E-state index contributed by atoms with van der Waals surface area (Å²) in [5.41, 5.74) is 7.97. The molecular weight excluding hydrogens is 304 g/mol. The Bertz CT molecular complexity index is 722. The van der Waals surface area contributed by atoms with Gasteiger partial charge in [0.1, 0.15) is 17.5 Å². The van der Waals surface area contributed by atoms with Crippen LogP contribution >= 0.6 is 0 Å². The maximum Gasteiger partial charge on any atom is 0.219 e. The van der Waals surface area contributed by atoms with Gasteiger partial charge >= 0.3 is 0 Å². The minimum absolute atomic E-state index is 0.142. The van der Waals surface area contributed by atoms with Gasteiger partial charge in [0.2, 0.25) is 5.91 Å². The summed E-state index contributed by atoms with van der Waals surface area (Å²) in [6.45, 7) is 5.08. The van der Waals surface area contributed by atoms with Gasteiger partial charge in [-0.25, -0.2) is 9.97 Å². The fraction of sp³-hybridized carbons (Fsp3) is 0.412. The SMILES string of the molecule is CC(=O)N1CCC(c2cc(N)nc(Nc3cnc(C)cn3)c2)CC1. The Morgan fingerprint density at radius 2 is 1.96 bits per heavy atom. The molecule has 1 aliphatic rings. The van der Waals surface area contributed by atoms with E-state index in [4.69, 9.17) is 5.73 Å². The van der Waals surface area contributed by atoms with Gasteiger partial charge in [-0.2, -0.15) is 0 Å². The van der Waals surface area contributed by atoms with Crippen LogP contribution in [0.4, 0.5) is 17.5 Å². The fourth-order valence-corrected chi connectivity index (χ4v) is 2.99. The molecule has 3 N–H and O–H groups in total. The molecule has 0 radical (unpaired) electrons. The van der Waals surface area contributed by atoms with E-state index in [9.17, 15) is 4.79 Å². The number of hydrogen-bond acceptors (Lipinski definition) is 6. The second-order valence-electron chi connectivity index (χ2n) is 6.16. The third-order valence-corrected chi connectivity index (χ3v) is 4.32. The van der Waals surface area contributed by atoms with Gasteiger partial charge in [-0.3, -0.25) is 9.78 Å². The molecule has 0 bridgehead atoms. The molecule has 3 heterocycles. The van der Waals surface area contributed by atoms with Crippen LogP contribution in [0.15, 0.2) is 24.5 Å². The molecule has 1 aliphatic heterocycles. The van der Waals surface area contributed by atoms with Gasteiger partial charge in [-0.1, -0.05) is 0 Å². The van der Waals surface area contributed by atoms with E-state index >= 15 is 0 Å². The second kappa shape index (κ2) is 6.82. The number of nitrogens with two attached hydrogens (primary N) is 1. The lowest BCUT2D eigenvalue weighted by atomic mass is 9.90. The van der Waals surface area contributed by atoms with Gasteiger partial charge < -0.3 is 16.0 Å². The van der Waals surface area contributed by atoms with Crippen LogP contribution in [0, 0.1) is 6.92 Å². The Morgan fingerprint density at radius 1 is 1.21 bits per heavy atom. The number of nitrogen functional groups attached to an aromatic ring is 1. The van der Waals surface area contributed by atoms with E-state index in [1.54, 1.807) is 19.3 Å². The van der Waals surface area contributed by atoms with Crippen LogP contribution in [0.3, 0.4) is 0 Å². The van der Waals surface area contributed by atoms with Crippen LogP contribution in [-0.2, 0) is 4.79 Å². The summed E-state index contributed by atoms with van der Waals surface area (Å²) in [4.78, 5) is 26.2. The summed E-state index contributed by atoms with van der Waals surface area (Å²) >= 11 is 0. The number of rotatable bonds is 3. The average molecular weight is 326 g/mol. The first-order valence-corrected chi connectivity index (χ1v) is 8.10. The van der Waals surface area contributed by atoms with E-state index in [1.807, 2.05) is 24.0 Å². The summed E-state index contributed by atoms with van der Waals surface area (Å²) in [5.74, 6) is 2.30. The zero-order valence-corrected chi connectivity index (χ0v) is 14.0. The molecule has 1 saturated heterocycles. The normalized spacial score (nSPS) is 15.3. The lowest BCUT2D eigenvalue weighted by molar-refractivity contribution is -0.129. The maximum absolute atomic E-state index is 11.5. The first kappa shape index (κ1) is 16.2. The molecule has 2 aromatic heterocycles. The molecule has 0 aliphatic carbocycles. The van der Waals surface area contributed by atoms with E-state index in [2.05, 4.69) is 20.3 Å². The Balaban J connectivity index is 1.74. The molecule has 3 rings (SSSR count). The van der Waals surface area contributed by atoms with Crippen molar-refractivity contribution in [3.63, 3.8) is 0 Å². The molecule has 7 heteroatoms. The van der Waals surface area contributed by atoms with Gasteiger partial charge in [0.15, 0.2) is 0 Å². The van der Waals surface area contributed by atoms with Gasteiger partial charge in [0, 0.05) is 20.0 Å². The number of nitrogens with zero attached hydrogens (tertiary/aromatic N) is 4. The molecular formula is C17H22N6O. The highest BCUT2D eigenvalue weighted by Crippen LogP contribution is 2.30. The standard InChI is InChI=1S/C17H22N6O/c1-11-9-20-17(10-19-11)22-16-8-14(7-15(18)21-16)13-3-5-23(6-4-13)12(2)24/h7-10,13H,3-6H2,1-2H3,(H3,18,20,21,22). The summed E-state index contributed by atoms with van der Waals surface area (Å²) in [5, 5.41) is 3.15. The van der Waals surface area contributed by atoms with Crippen LogP contribution in [0.5, 0.6) is 0 Å². The van der Waals surface area contributed by atoms with Crippen molar-refractivity contribution in [2.75, 3.05) is 24.1 Å². The van der Waals surface area contributed by atoms with E-state index in [0.717, 1.165) is 37.2 Å². The quantitative estimate of drug-likeness (QED) is 0.898. The number of nitrogens with one attached hydrogen (secondary N) is 1. The van der Waals surface area contributed by atoms with E-state index in [-0.39, 0.29) is 5.91 Å². The van der Waals surface area contributed by atoms with Crippen molar-refractivity contribution in [2.24, 2.45) is 0 Å². The van der Waals surface area contributed by atoms with Crippen molar-refractivity contribution in [3.05, 3.63) is 35.8 Å². The third kappa shape index (κ3) is 3.79. The monoisotopic (exact) mass is 326 g/mol. The van der Waals surface area contributed by atoms with Crippen molar-refractivity contribution in [1.82, 2.24) is 19.9 Å². The second-order valence-corrected chi connectivity index (χ2v) is 6.16. The topological polar surface area (TPSA) is 97.0 Å². The predicted molar refractivity (Wildman–Crippen MR) is 92.9 cm³/mol. The Kier molecular flexibility index (Phi) is 4.59. The molecule has 0 spiro atoms. The number of hydrogen-bond donors (Lipinski definition) is 2. The lowest BCUT2D eigenvalue weighted by Crippen LogP contribution is -2.36. The molecule has 0 aromatic carbocycles. The van der Waals surface area contributed by atoms with Crippen LogP contribution in [-0.4, -0.2) is 38.8 Å². The minimum atomic E-state index is 0.142. The number of carbonyl (C=O) groups is 1. The zero-order chi connectivity index (χ0) is 17.1. The number of anilines is 3. The number of aromatic nitrogens is 3. The highest BCUT2D eigenvalue weighted by Gasteiger charge is 2.22. The molecule has 7 nitrogen and oxygen atoms in total. The Labute approximate surface area is 141 Å². The van der Waals surface area contributed by atoms with Gasteiger partial charge in [-0.15, -0.1) is 0 Å². The van der Waals surface area contributed by atoms with Crippen LogP contribution in [0.2, 0.25) is 0 Å². The molecule has 2 aromatic rings. The van der Waals surface area contributed by atoms with Gasteiger partial charge in [0.25, 0.3) is 0 Å². The zero-order valence-electron chi connectivity index (χ0n) is 14.0.